The molecule has 2 aromatic carbocycles. The van der Waals surface area contributed by atoms with Crippen molar-refractivity contribution in [1.29, 1.82) is 0 Å². The van der Waals surface area contributed by atoms with Gasteiger partial charge < -0.3 is 10.2 Å². The lowest BCUT2D eigenvalue weighted by Crippen LogP contribution is -2.42. The van der Waals surface area contributed by atoms with Crippen LogP contribution in [0.4, 0.5) is 8.78 Å². The predicted molar refractivity (Wildman–Crippen MR) is 130 cm³/mol. The van der Waals surface area contributed by atoms with Crippen LogP contribution in [0.1, 0.15) is 49.0 Å². The first kappa shape index (κ1) is 27.3. The Morgan fingerprint density at radius 1 is 1.14 bits per heavy atom. The second kappa shape index (κ2) is 12.1. The Labute approximate surface area is 210 Å². The number of hydrogen-bond acceptors (Lipinski definition) is 4. The SMILES string of the molecule is CC(C)CC1(CC(=O)N(O)CCNC(=O)c2ccc(F)c(F)c2)CCN(CCc2ccccc2)C1=O. The molecule has 2 aromatic rings. The van der Waals surface area contributed by atoms with Gasteiger partial charge in [0.05, 0.1) is 12.0 Å². The topological polar surface area (TPSA) is 90.0 Å². The Morgan fingerprint density at radius 3 is 2.53 bits per heavy atom. The van der Waals surface area contributed by atoms with E-state index in [0.717, 1.165) is 30.2 Å². The lowest BCUT2D eigenvalue weighted by molar-refractivity contribution is -0.169. The Bertz CT molecular complexity index is 1080. The van der Waals surface area contributed by atoms with Crippen molar-refractivity contribution in [2.75, 3.05) is 26.2 Å². The van der Waals surface area contributed by atoms with E-state index in [0.29, 0.717) is 31.0 Å². The molecule has 1 heterocycles. The maximum atomic E-state index is 13.4. The van der Waals surface area contributed by atoms with E-state index in [1.165, 1.54) is 0 Å². The minimum absolute atomic E-state index is 0.0690. The Kier molecular flexibility index (Phi) is 9.14. The molecule has 9 heteroatoms. The number of hydrogen-bond donors (Lipinski definition) is 2. The molecule has 1 saturated heterocycles. The highest BCUT2D eigenvalue weighted by Crippen LogP contribution is 2.41. The van der Waals surface area contributed by atoms with Crippen LogP contribution in [0.25, 0.3) is 0 Å². The van der Waals surface area contributed by atoms with Gasteiger partial charge in [-0.25, -0.2) is 13.8 Å². The van der Waals surface area contributed by atoms with Crippen LogP contribution >= 0.6 is 0 Å². The van der Waals surface area contributed by atoms with Gasteiger partial charge in [0.1, 0.15) is 0 Å². The summed E-state index contributed by atoms with van der Waals surface area (Å²) in [4.78, 5) is 40.2. The number of nitrogens with one attached hydrogen (secondary N) is 1. The number of rotatable bonds is 11. The van der Waals surface area contributed by atoms with E-state index in [9.17, 15) is 28.4 Å². The second-order valence-corrected chi connectivity index (χ2v) is 9.73. The third-order valence-corrected chi connectivity index (χ3v) is 6.48. The smallest absolute Gasteiger partial charge is 0.251 e. The van der Waals surface area contributed by atoms with E-state index in [1.807, 2.05) is 44.2 Å². The number of benzene rings is 2. The molecule has 1 aliphatic heterocycles. The van der Waals surface area contributed by atoms with Crippen LogP contribution in [-0.2, 0) is 16.0 Å². The minimum Gasteiger partial charge on any atom is -0.350 e. The molecule has 0 spiro atoms. The van der Waals surface area contributed by atoms with Gasteiger partial charge in [-0.1, -0.05) is 44.2 Å². The second-order valence-electron chi connectivity index (χ2n) is 9.73. The maximum absolute atomic E-state index is 13.4. The first-order valence-electron chi connectivity index (χ1n) is 12.2. The molecule has 36 heavy (non-hydrogen) atoms. The molecule has 0 aliphatic carbocycles. The molecule has 1 atom stereocenters. The van der Waals surface area contributed by atoms with Gasteiger partial charge in [-0.2, -0.15) is 0 Å². The van der Waals surface area contributed by atoms with Crippen molar-refractivity contribution in [1.82, 2.24) is 15.3 Å². The van der Waals surface area contributed by atoms with Crippen LogP contribution in [0.3, 0.4) is 0 Å². The van der Waals surface area contributed by atoms with Crippen LogP contribution < -0.4 is 5.32 Å². The summed E-state index contributed by atoms with van der Waals surface area (Å²) in [6.07, 6.45) is 1.66. The zero-order valence-corrected chi connectivity index (χ0v) is 20.7. The van der Waals surface area contributed by atoms with Crippen molar-refractivity contribution < 1.29 is 28.4 Å². The molecule has 7 nitrogen and oxygen atoms in total. The van der Waals surface area contributed by atoms with Crippen molar-refractivity contribution in [3.05, 3.63) is 71.3 Å². The molecule has 194 valence electrons. The number of halogens is 2. The Balaban J connectivity index is 1.55. The predicted octanol–water partition coefficient (Wildman–Crippen LogP) is 3.81. The van der Waals surface area contributed by atoms with Gasteiger partial charge in [0.15, 0.2) is 11.6 Å². The van der Waals surface area contributed by atoms with Crippen LogP contribution in [0.2, 0.25) is 0 Å². The fourth-order valence-corrected chi connectivity index (χ4v) is 4.74. The zero-order chi connectivity index (χ0) is 26.3. The number of likely N-dealkylation sites (tertiary alicyclic amines) is 1. The van der Waals surface area contributed by atoms with Crippen molar-refractivity contribution in [2.24, 2.45) is 11.3 Å². The van der Waals surface area contributed by atoms with Crippen molar-refractivity contribution in [3.63, 3.8) is 0 Å². The highest BCUT2D eigenvalue weighted by Gasteiger charge is 2.48. The average Bonchev–Trinajstić information content (AvgIpc) is 3.13. The van der Waals surface area contributed by atoms with Gasteiger partial charge in [-0.05, 0) is 48.9 Å². The van der Waals surface area contributed by atoms with E-state index in [1.54, 1.807) is 4.90 Å². The third-order valence-electron chi connectivity index (χ3n) is 6.48. The zero-order valence-electron chi connectivity index (χ0n) is 20.7. The molecule has 2 N–H and O–H groups in total. The highest BCUT2D eigenvalue weighted by molar-refractivity contribution is 5.94. The van der Waals surface area contributed by atoms with Crippen molar-refractivity contribution >= 4 is 17.7 Å². The van der Waals surface area contributed by atoms with Gasteiger partial charge in [-0.15, -0.1) is 0 Å². The quantitative estimate of drug-likeness (QED) is 0.362. The van der Waals surface area contributed by atoms with Crippen molar-refractivity contribution in [3.8, 4) is 0 Å². The van der Waals surface area contributed by atoms with Crippen molar-refractivity contribution in [2.45, 2.75) is 39.5 Å². The fraction of sp³-hybridized carbons (Fsp3) is 0.444. The summed E-state index contributed by atoms with van der Waals surface area (Å²) in [5.74, 6) is -3.36. The molecule has 0 radical (unpaired) electrons. The molecule has 0 bridgehead atoms. The lowest BCUT2D eigenvalue weighted by atomic mass is 9.75. The standard InChI is InChI=1S/C27H33F2N3O4/c1-19(2)17-27(11-14-31(26(27)35)13-10-20-6-4-3-5-7-20)18-24(33)32(36)15-12-30-25(34)21-8-9-22(28)23(29)16-21/h3-9,16,19,36H,10-15,17-18H2,1-2H3,(H,30,34). The third kappa shape index (κ3) is 6.87. The van der Waals surface area contributed by atoms with E-state index < -0.39 is 28.9 Å². The fourth-order valence-electron chi connectivity index (χ4n) is 4.74. The summed E-state index contributed by atoms with van der Waals surface area (Å²) >= 11 is 0. The average molecular weight is 502 g/mol. The number of carbonyl (C=O) groups excluding carboxylic acids is 3. The largest absolute Gasteiger partial charge is 0.350 e. The van der Waals surface area contributed by atoms with Gasteiger partial charge in [0.25, 0.3) is 5.91 Å². The molecular formula is C27H33F2N3O4. The minimum atomic E-state index is -1.14. The summed E-state index contributed by atoms with van der Waals surface area (Å²) in [7, 11) is 0. The molecule has 1 fully saturated rings. The normalized spacial score (nSPS) is 17.5. The van der Waals surface area contributed by atoms with E-state index >= 15 is 0 Å². The molecule has 3 amide bonds. The highest BCUT2D eigenvalue weighted by atomic mass is 19.2. The van der Waals surface area contributed by atoms with Crippen LogP contribution in [-0.4, -0.2) is 59.1 Å². The molecule has 3 rings (SSSR count). The summed E-state index contributed by atoms with van der Waals surface area (Å²) in [6, 6.07) is 12.7. The van der Waals surface area contributed by atoms with Gasteiger partial charge in [-0.3, -0.25) is 19.6 Å². The van der Waals surface area contributed by atoms with E-state index in [2.05, 4.69) is 5.32 Å². The first-order chi connectivity index (χ1) is 17.1. The number of carbonyl (C=O) groups is 3. The van der Waals surface area contributed by atoms with Crippen LogP contribution in [0, 0.1) is 23.0 Å². The Morgan fingerprint density at radius 2 is 1.86 bits per heavy atom. The Hall–Kier alpha value is -3.33. The molecule has 0 saturated carbocycles. The monoisotopic (exact) mass is 501 g/mol. The van der Waals surface area contributed by atoms with Crippen LogP contribution in [0.5, 0.6) is 0 Å². The summed E-state index contributed by atoms with van der Waals surface area (Å²) in [5, 5.41) is 13.3. The van der Waals surface area contributed by atoms with E-state index in [4.69, 9.17) is 0 Å². The maximum Gasteiger partial charge on any atom is 0.251 e. The van der Waals surface area contributed by atoms with E-state index in [-0.39, 0.29) is 36.9 Å². The lowest BCUT2D eigenvalue weighted by Gasteiger charge is -2.30. The summed E-state index contributed by atoms with van der Waals surface area (Å²) < 4.78 is 26.4. The molecule has 0 aromatic heterocycles. The van der Waals surface area contributed by atoms with Crippen LogP contribution in [0.15, 0.2) is 48.5 Å². The number of nitrogens with zero attached hydrogens (tertiary/aromatic N) is 2. The summed E-state index contributed by atoms with van der Waals surface area (Å²) in [5.41, 5.74) is 0.181. The van der Waals surface area contributed by atoms with Gasteiger partial charge >= 0.3 is 0 Å². The van der Waals surface area contributed by atoms with Gasteiger partial charge in [0, 0.05) is 31.6 Å². The number of amides is 3. The number of hydroxylamine groups is 2. The van der Waals surface area contributed by atoms with Gasteiger partial charge in [0.2, 0.25) is 11.8 Å². The summed E-state index contributed by atoms with van der Waals surface area (Å²) in [6.45, 7) is 4.80. The first-order valence-corrected chi connectivity index (χ1v) is 12.2. The molecule has 1 aliphatic rings. The molecular weight excluding hydrogens is 468 g/mol. The molecule has 1 unspecified atom stereocenters.